The summed E-state index contributed by atoms with van der Waals surface area (Å²) in [5, 5.41) is 23.2. The van der Waals surface area contributed by atoms with Crippen molar-refractivity contribution in [2.45, 2.75) is 51.6 Å². The molecule has 2 aliphatic heterocycles. The van der Waals surface area contributed by atoms with Gasteiger partial charge in [0.25, 0.3) is 11.4 Å². The Hall–Kier alpha value is -3.50. The maximum absolute atomic E-state index is 15.7. The van der Waals surface area contributed by atoms with Crippen molar-refractivity contribution < 1.29 is 18.6 Å². The largest absolute Gasteiger partial charge is 0.367 e. The Morgan fingerprint density at radius 2 is 1.24 bits per heavy atom. The number of nitro groups is 2. The molecular weight excluding hydrogens is 577 g/mol. The van der Waals surface area contributed by atoms with Crippen molar-refractivity contribution in [2.75, 3.05) is 22.9 Å². The van der Waals surface area contributed by atoms with E-state index in [4.69, 9.17) is 23.2 Å². The first kappa shape index (κ1) is 29.0. The van der Waals surface area contributed by atoms with Crippen LogP contribution in [0.5, 0.6) is 0 Å². The first-order valence-corrected chi connectivity index (χ1v) is 14.0. The Labute approximate surface area is 245 Å². The molecule has 0 spiro atoms. The van der Waals surface area contributed by atoms with Crippen molar-refractivity contribution in [3.63, 3.8) is 0 Å². The lowest BCUT2D eigenvalue weighted by Crippen LogP contribution is -2.38. The van der Waals surface area contributed by atoms with E-state index in [-0.39, 0.29) is 38.2 Å². The predicted octanol–water partition coefficient (Wildman–Crippen LogP) is 8.80. The van der Waals surface area contributed by atoms with Gasteiger partial charge in [0.1, 0.15) is 15.7 Å². The minimum absolute atomic E-state index is 0.0284. The molecule has 3 aromatic carbocycles. The highest BCUT2D eigenvalue weighted by Crippen LogP contribution is 2.49. The lowest BCUT2D eigenvalue weighted by atomic mass is 9.82. The normalized spacial score (nSPS) is 20.3. The molecule has 0 saturated carbocycles. The van der Waals surface area contributed by atoms with Crippen LogP contribution in [0.25, 0.3) is 0 Å². The molecule has 216 valence electrons. The lowest BCUT2D eigenvalue weighted by Gasteiger charge is -2.39. The zero-order valence-corrected chi connectivity index (χ0v) is 24.0. The predicted molar refractivity (Wildman–Crippen MR) is 155 cm³/mol. The molecule has 2 heterocycles. The number of piperidine rings is 1. The Morgan fingerprint density at radius 1 is 0.805 bits per heavy atom. The van der Waals surface area contributed by atoms with Gasteiger partial charge in [0.05, 0.1) is 21.9 Å². The zero-order chi connectivity index (χ0) is 29.6. The van der Waals surface area contributed by atoms with Crippen molar-refractivity contribution in [3.05, 3.63) is 102 Å². The van der Waals surface area contributed by atoms with E-state index in [0.717, 1.165) is 12.8 Å². The van der Waals surface area contributed by atoms with Crippen molar-refractivity contribution >= 4 is 46.0 Å². The summed E-state index contributed by atoms with van der Waals surface area (Å²) < 4.78 is 31.4. The van der Waals surface area contributed by atoms with Crippen LogP contribution in [0, 0.1) is 37.3 Å². The van der Waals surface area contributed by atoms with Crippen molar-refractivity contribution in [2.24, 2.45) is 5.41 Å². The van der Waals surface area contributed by atoms with E-state index in [1.165, 1.54) is 36.4 Å². The maximum Gasteiger partial charge on any atom is 0.288 e. The summed E-state index contributed by atoms with van der Waals surface area (Å²) in [6.45, 7) is 5.32. The van der Waals surface area contributed by atoms with Gasteiger partial charge in [-0.1, -0.05) is 49.2 Å². The van der Waals surface area contributed by atoms with E-state index >= 15 is 8.78 Å². The molecule has 2 atom stereocenters. The third-order valence-corrected chi connectivity index (χ3v) is 8.86. The van der Waals surface area contributed by atoms with Crippen LogP contribution in [0.1, 0.15) is 62.7 Å². The fourth-order valence-corrected chi connectivity index (χ4v) is 6.29. The first-order valence-electron chi connectivity index (χ1n) is 13.3. The van der Waals surface area contributed by atoms with Crippen molar-refractivity contribution in [1.29, 1.82) is 0 Å². The van der Waals surface area contributed by atoms with Gasteiger partial charge >= 0.3 is 0 Å². The summed E-state index contributed by atoms with van der Waals surface area (Å²) in [5.74, 6) is -1.43. The van der Waals surface area contributed by atoms with Gasteiger partial charge in [-0.25, -0.2) is 8.78 Å². The Morgan fingerprint density at radius 3 is 1.66 bits per heavy atom. The van der Waals surface area contributed by atoms with Crippen molar-refractivity contribution in [3.8, 4) is 0 Å². The second kappa shape index (κ2) is 11.1. The third-order valence-electron chi connectivity index (χ3n) is 8.22. The minimum Gasteiger partial charge on any atom is -0.367 e. The summed E-state index contributed by atoms with van der Waals surface area (Å²) in [4.78, 5) is 25.5. The van der Waals surface area contributed by atoms with Gasteiger partial charge in [0, 0.05) is 30.9 Å². The first-order chi connectivity index (χ1) is 19.4. The van der Waals surface area contributed by atoms with E-state index < -0.39 is 33.6 Å². The van der Waals surface area contributed by atoms with Crippen LogP contribution in [-0.2, 0) is 0 Å². The Balaban J connectivity index is 1.60. The van der Waals surface area contributed by atoms with Gasteiger partial charge in [0.2, 0.25) is 0 Å². The summed E-state index contributed by atoms with van der Waals surface area (Å²) in [6.07, 6.45) is 2.53. The maximum atomic E-state index is 15.7. The van der Waals surface area contributed by atoms with E-state index in [1.807, 2.05) is 0 Å². The molecule has 2 fully saturated rings. The Kier molecular flexibility index (Phi) is 7.82. The molecule has 2 saturated heterocycles. The van der Waals surface area contributed by atoms with E-state index in [2.05, 4.69) is 13.8 Å². The molecule has 0 amide bonds. The van der Waals surface area contributed by atoms with Crippen LogP contribution in [-0.4, -0.2) is 22.9 Å². The summed E-state index contributed by atoms with van der Waals surface area (Å²) in [6, 6.07) is 10.4. The van der Waals surface area contributed by atoms with Gasteiger partial charge in [0.15, 0.2) is 11.6 Å². The number of hydrogen-bond acceptors (Lipinski definition) is 6. The van der Waals surface area contributed by atoms with Crippen LogP contribution in [0.2, 0.25) is 10.0 Å². The van der Waals surface area contributed by atoms with Gasteiger partial charge < -0.3 is 9.80 Å². The monoisotopic (exact) mass is 604 g/mol. The summed E-state index contributed by atoms with van der Waals surface area (Å²) in [5.41, 5.74) is 0.753. The second-order valence-corrected chi connectivity index (χ2v) is 12.2. The number of benzene rings is 3. The number of hydrogen-bond donors (Lipinski definition) is 0. The van der Waals surface area contributed by atoms with Crippen LogP contribution in [0.15, 0.2) is 48.5 Å². The standard InChI is InChI=1S/C29H28Cl2F2N4O4/c1-29(2)9-11-34(12-10-29)28-22(32)15-19(16-23(28)33)35-24(17-3-5-20(30)26(13-17)36(38)39)7-8-25(35)18-4-6-21(31)27(14-18)37(40)41/h3-6,13-16,24-25H,7-12H2,1-2H3/t24-,25-/m1/s1. The molecule has 0 aliphatic carbocycles. The molecule has 8 nitrogen and oxygen atoms in total. The van der Waals surface area contributed by atoms with Crippen molar-refractivity contribution in [1.82, 2.24) is 0 Å². The fraction of sp³-hybridized carbons (Fsp3) is 0.379. The average molecular weight is 605 g/mol. The SMILES string of the molecule is CC1(C)CCN(c2c(F)cc(N3[C@@H](c4ccc(Cl)c([N+](=O)[O-])c4)CC[C@@H]3c3ccc(Cl)c([N+](=O)[O-])c3)cc2F)CC1. The third kappa shape index (κ3) is 5.67. The topological polar surface area (TPSA) is 92.8 Å². The molecular formula is C29H28Cl2F2N4O4. The van der Waals surface area contributed by atoms with E-state index in [0.29, 0.717) is 37.1 Å². The highest BCUT2D eigenvalue weighted by molar-refractivity contribution is 6.33. The van der Waals surface area contributed by atoms with Crippen LogP contribution in [0.4, 0.5) is 31.5 Å². The molecule has 0 radical (unpaired) electrons. The quantitative estimate of drug-likeness (QED) is 0.206. The minimum atomic E-state index is -0.715. The summed E-state index contributed by atoms with van der Waals surface area (Å²) >= 11 is 12.1. The lowest BCUT2D eigenvalue weighted by molar-refractivity contribution is -0.384. The van der Waals surface area contributed by atoms with Crippen LogP contribution < -0.4 is 9.80 Å². The second-order valence-electron chi connectivity index (χ2n) is 11.4. The van der Waals surface area contributed by atoms with Crippen LogP contribution >= 0.6 is 23.2 Å². The number of nitrogens with zero attached hydrogens (tertiary/aromatic N) is 4. The smallest absolute Gasteiger partial charge is 0.288 e. The molecule has 3 aromatic rings. The molecule has 0 bridgehead atoms. The van der Waals surface area contributed by atoms with Crippen LogP contribution in [0.3, 0.4) is 0 Å². The average Bonchev–Trinajstić information content (AvgIpc) is 3.34. The van der Waals surface area contributed by atoms with Gasteiger partial charge in [-0.2, -0.15) is 0 Å². The highest BCUT2D eigenvalue weighted by atomic mass is 35.5. The molecule has 0 N–H and O–H groups in total. The Bertz CT molecular complexity index is 1430. The molecule has 12 heteroatoms. The fourth-order valence-electron chi connectivity index (χ4n) is 5.92. The highest BCUT2D eigenvalue weighted by Gasteiger charge is 2.38. The number of nitro benzene ring substituents is 2. The number of halogens is 4. The van der Waals surface area contributed by atoms with Gasteiger partial charge in [-0.3, -0.25) is 20.2 Å². The zero-order valence-electron chi connectivity index (χ0n) is 22.4. The summed E-state index contributed by atoms with van der Waals surface area (Å²) in [7, 11) is 0. The molecule has 5 rings (SSSR count). The molecule has 41 heavy (non-hydrogen) atoms. The number of rotatable bonds is 6. The molecule has 0 unspecified atom stereocenters. The van der Waals surface area contributed by atoms with E-state index in [1.54, 1.807) is 21.9 Å². The number of anilines is 2. The molecule has 0 aromatic heterocycles. The van der Waals surface area contributed by atoms with Gasteiger partial charge in [-0.15, -0.1) is 0 Å². The molecule has 2 aliphatic rings. The van der Waals surface area contributed by atoms with E-state index in [9.17, 15) is 20.2 Å². The van der Waals surface area contributed by atoms with Gasteiger partial charge in [-0.05, 0) is 66.5 Å².